The second kappa shape index (κ2) is 2.05. The van der Waals surface area contributed by atoms with Crippen molar-refractivity contribution in [3.8, 4) is 0 Å². The summed E-state index contributed by atoms with van der Waals surface area (Å²) in [5, 5.41) is 12.9. The topological polar surface area (TPSA) is 50.9 Å². The molecule has 0 aromatic carbocycles. The van der Waals surface area contributed by atoms with Gasteiger partial charge < -0.3 is 5.11 Å². The summed E-state index contributed by atoms with van der Waals surface area (Å²) < 4.78 is 1.80. The van der Waals surface area contributed by atoms with Crippen molar-refractivity contribution in [1.82, 2.24) is 14.8 Å². The fourth-order valence-electron chi connectivity index (χ4n) is 1.18. The normalized spacial score (nSPS) is 31.7. The zero-order valence-electron chi connectivity index (χ0n) is 5.51. The van der Waals surface area contributed by atoms with E-state index in [-0.39, 0.29) is 6.10 Å². The summed E-state index contributed by atoms with van der Waals surface area (Å²) in [5.41, 5.74) is 0. The number of aromatic nitrogens is 3. The van der Waals surface area contributed by atoms with Crippen LogP contribution < -0.4 is 0 Å². The van der Waals surface area contributed by atoms with Crippen molar-refractivity contribution in [2.75, 3.05) is 0 Å². The SMILES string of the molecule is OC1CC(n2cncn2)C1. The van der Waals surface area contributed by atoms with Gasteiger partial charge in [-0.1, -0.05) is 0 Å². The molecule has 1 aliphatic carbocycles. The zero-order valence-corrected chi connectivity index (χ0v) is 5.51. The van der Waals surface area contributed by atoms with Crippen molar-refractivity contribution in [2.45, 2.75) is 25.0 Å². The summed E-state index contributed by atoms with van der Waals surface area (Å²) in [5.74, 6) is 0. The zero-order chi connectivity index (χ0) is 6.97. The van der Waals surface area contributed by atoms with Crippen molar-refractivity contribution in [3.05, 3.63) is 12.7 Å². The van der Waals surface area contributed by atoms with Crippen LogP contribution in [-0.4, -0.2) is 26.0 Å². The van der Waals surface area contributed by atoms with E-state index in [1.165, 1.54) is 6.33 Å². The van der Waals surface area contributed by atoms with Crippen LogP contribution in [0.4, 0.5) is 0 Å². The number of aliphatic hydroxyl groups is 1. The Kier molecular flexibility index (Phi) is 1.20. The van der Waals surface area contributed by atoms with E-state index >= 15 is 0 Å². The second-order valence-corrected chi connectivity index (χ2v) is 2.65. The molecule has 0 unspecified atom stereocenters. The lowest BCUT2D eigenvalue weighted by atomic mass is 9.90. The van der Waals surface area contributed by atoms with Gasteiger partial charge >= 0.3 is 0 Å². The minimum absolute atomic E-state index is 0.116. The molecule has 0 spiro atoms. The Morgan fingerprint density at radius 3 is 2.80 bits per heavy atom. The van der Waals surface area contributed by atoms with E-state index in [2.05, 4.69) is 10.1 Å². The predicted molar refractivity (Wildman–Crippen MR) is 34.3 cm³/mol. The van der Waals surface area contributed by atoms with E-state index in [0.717, 1.165) is 12.8 Å². The fourth-order valence-corrected chi connectivity index (χ4v) is 1.18. The lowest BCUT2D eigenvalue weighted by Crippen LogP contribution is -2.30. The maximum absolute atomic E-state index is 8.96. The molecule has 2 rings (SSSR count). The van der Waals surface area contributed by atoms with Crippen LogP contribution in [0.3, 0.4) is 0 Å². The quantitative estimate of drug-likeness (QED) is 0.594. The van der Waals surface area contributed by atoms with Gasteiger partial charge in [-0.2, -0.15) is 5.10 Å². The van der Waals surface area contributed by atoms with E-state index < -0.39 is 0 Å². The van der Waals surface area contributed by atoms with Crippen LogP contribution in [0.15, 0.2) is 12.7 Å². The molecule has 0 amide bonds. The molecule has 0 radical (unpaired) electrons. The lowest BCUT2D eigenvalue weighted by molar-refractivity contribution is 0.0433. The molecular weight excluding hydrogens is 130 g/mol. The monoisotopic (exact) mass is 139 g/mol. The van der Waals surface area contributed by atoms with Crippen LogP contribution in [0.2, 0.25) is 0 Å². The van der Waals surface area contributed by atoms with Crippen LogP contribution in [0.25, 0.3) is 0 Å². The Morgan fingerprint density at radius 2 is 2.30 bits per heavy atom. The highest BCUT2D eigenvalue weighted by atomic mass is 16.3. The lowest BCUT2D eigenvalue weighted by Gasteiger charge is -2.30. The molecule has 0 atom stereocenters. The van der Waals surface area contributed by atoms with Crippen molar-refractivity contribution < 1.29 is 5.11 Å². The molecule has 1 N–H and O–H groups in total. The molecule has 4 nitrogen and oxygen atoms in total. The van der Waals surface area contributed by atoms with Gasteiger partial charge in [0.2, 0.25) is 0 Å². The maximum atomic E-state index is 8.96. The molecule has 1 aliphatic rings. The van der Waals surface area contributed by atoms with Gasteiger partial charge in [-0.05, 0) is 12.8 Å². The van der Waals surface area contributed by atoms with E-state index in [1.54, 1.807) is 11.0 Å². The number of nitrogens with zero attached hydrogens (tertiary/aromatic N) is 3. The van der Waals surface area contributed by atoms with Gasteiger partial charge in [0.1, 0.15) is 12.7 Å². The molecule has 1 heterocycles. The number of aliphatic hydroxyl groups excluding tert-OH is 1. The first kappa shape index (κ1) is 5.85. The highest BCUT2D eigenvalue weighted by molar-refractivity contribution is 4.83. The molecule has 1 saturated carbocycles. The summed E-state index contributed by atoms with van der Waals surface area (Å²) in [6.07, 6.45) is 4.74. The van der Waals surface area contributed by atoms with Crippen LogP contribution in [0.1, 0.15) is 18.9 Å². The van der Waals surface area contributed by atoms with Crippen LogP contribution in [0.5, 0.6) is 0 Å². The first-order valence-electron chi connectivity index (χ1n) is 3.38. The summed E-state index contributed by atoms with van der Waals surface area (Å²) in [7, 11) is 0. The Hall–Kier alpha value is -0.900. The number of hydrogen-bond acceptors (Lipinski definition) is 3. The van der Waals surface area contributed by atoms with E-state index in [4.69, 9.17) is 5.11 Å². The highest BCUT2D eigenvalue weighted by Gasteiger charge is 2.28. The Balaban J connectivity index is 2.04. The molecule has 0 bridgehead atoms. The third-order valence-electron chi connectivity index (χ3n) is 1.90. The first-order chi connectivity index (χ1) is 4.86. The van der Waals surface area contributed by atoms with Crippen LogP contribution >= 0.6 is 0 Å². The summed E-state index contributed by atoms with van der Waals surface area (Å²) in [6.45, 7) is 0. The number of rotatable bonds is 1. The Bertz CT molecular complexity index is 203. The van der Waals surface area contributed by atoms with Gasteiger partial charge in [0, 0.05) is 0 Å². The molecule has 0 saturated heterocycles. The summed E-state index contributed by atoms with van der Waals surface area (Å²) in [4.78, 5) is 3.82. The largest absolute Gasteiger partial charge is 0.393 e. The van der Waals surface area contributed by atoms with Gasteiger partial charge in [-0.25, -0.2) is 9.67 Å². The van der Waals surface area contributed by atoms with Crippen molar-refractivity contribution >= 4 is 0 Å². The highest BCUT2D eigenvalue weighted by Crippen LogP contribution is 2.30. The Labute approximate surface area is 58.5 Å². The molecule has 0 aliphatic heterocycles. The van der Waals surface area contributed by atoms with Crippen molar-refractivity contribution in [2.24, 2.45) is 0 Å². The summed E-state index contributed by atoms with van der Waals surface area (Å²) >= 11 is 0. The van der Waals surface area contributed by atoms with Gasteiger partial charge in [0.05, 0.1) is 12.1 Å². The van der Waals surface area contributed by atoms with E-state index in [9.17, 15) is 0 Å². The van der Waals surface area contributed by atoms with Crippen LogP contribution in [-0.2, 0) is 0 Å². The smallest absolute Gasteiger partial charge is 0.137 e. The Morgan fingerprint density at radius 1 is 1.50 bits per heavy atom. The third-order valence-corrected chi connectivity index (χ3v) is 1.90. The van der Waals surface area contributed by atoms with Gasteiger partial charge in [0.15, 0.2) is 0 Å². The molecule has 54 valence electrons. The number of hydrogen-bond donors (Lipinski definition) is 1. The predicted octanol–water partition coefficient (Wildman–Crippen LogP) is -0.0261. The second-order valence-electron chi connectivity index (χ2n) is 2.65. The minimum Gasteiger partial charge on any atom is -0.393 e. The fraction of sp³-hybridized carbons (Fsp3) is 0.667. The van der Waals surface area contributed by atoms with Gasteiger partial charge in [-0.15, -0.1) is 0 Å². The molecule has 4 heteroatoms. The molecule has 10 heavy (non-hydrogen) atoms. The first-order valence-corrected chi connectivity index (χ1v) is 3.38. The van der Waals surface area contributed by atoms with Crippen molar-refractivity contribution in [1.29, 1.82) is 0 Å². The van der Waals surface area contributed by atoms with Gasteiger partial charge in [-0.3, -0.25) is 0 Å². The molecule has 1 fully saturated rings. The van der Waals surface area contributed by atoms with Crippen molar-refractivity contribution in [3.63, 3.8) is 0 Å². The average Bonchev–Trinajstić information content (AvgIpc) is 2.31. The van der Waals surface area contributed by atoms with Crippen LogP contribution in [0, 0.1) is 0 Å². The van der Waals surface area contributed by atoms with E-state index in [1.807, 2.05) is 0 Å². The minimum atomic E-state index is -0.116. The molecule has 1 aromatic rings. The van der Waals surface area contributed by atoms with Gasteiger partial charge in [0.25, 0.3) is 0 Å². The standard InChI is InChI=1S/C6H9N3O/c10-6-1-5(2-6)9-4-7-3-8-9/h3-6,10H,1-2H2. The summed E-state index contributed by atoms with van der Waals surface area (Å²) in [6, 6.07) is 0.387. The molecular formula is C6H9N3O. The average molecular weight is 139 g/mol. The maximum Gasteiger partial charge on any atom is 0.137 e. The molecule has 1 aromatic heterocycles. The third kappa shape index (κ3) is 0.806. The van der Waals surface area contributed by atoms with E-state index in [0.29, 0.717) is 6.04 Å².